The van der Waals surface area contributed by atoms with Gasteiger partial charge in [-0.15, -0.1) is 0 Å². The van der Waals surface area contributed by atoms with E-state index < -0.39 is 0 Å². The Morgan fingerprint density at radius 2 is 1.12 bits per heavy atom. The van der Waals surface area contributed by atoms with E-state index in [1.807, 2.05) is 38.1 Å². The summed E-state index contributed by atoms with van der Waals surface area (Å²) in [5.74, 6) is 0.625. The number of nitrogens with one attached hydrogen (secondary N) is 2. The topological polar surface area (TPSA) is 62.7 Å². The van der Waals surface area contributed by atoms with Crippen LogP contribution in [0, 0.1) is 13.8 Å². The minimum absolute atomic E-state index is 0.0689. The van der Waals surface area contributed by atoms with Crippen LogP contribution in [0.4, 0.5) is 23.3 Å². The van der Waals surface area contributed by atoms with E-state index in [4.69, 9.17) is 34.8 Å². The Morgan fingerprint density at radius 1 is 0.680 bits per heavy atom. The fraction of sp³-hybridized carbons (Fsp3) is 0.118. The molecule has 0 fully saturated rings. The number of hydrogen-bond donors (Lipinski definition) is 2. The number of aromatic nitrogens is 3. The standard InChI is InChI=1S/C17H14Cl3N5/c1-9-3-5-11(18)7-13(9)21-16-23-15(20)24-17(25-16)22-14-8-12(19)6-4-10(14)2/h3-8H,1-2H3,(H2,21,22,23,24,25). The molecule has 0 spiro atoms. The Kier molecular flexibility index (Phi) is 5.27. The molecule has 0 unspecified atom stereocenters. The highest BCUT2D eigenvalue weighted by atomic mass is 35.5. The van der Waals surface area contributed by atoms with Gasteiger partial charge in [-0.2, -0.15) is 15.0 Å². The number of halogens is 3. The highest BCUT2D eigenvalue weighted by Crippen LogP contribution is 2.26. The van der Waals surface area contributed by atoms with Crippen LogP contribution in [-0.4, -0.2) is 15.0 Å². The second-order valence-electron chi connectivity index (χ2n) is 5.42. The lowest BCUT2D eigenvalue weighted by Gasteiger charge is -2.12. The summed E-state index contributed by atoms with van der Waals surface area (Å²) in [6.07, 6.45) is 0. The van der Waals surface area contributed by atoms with Crippen LogP contribution < -0.4 is 10.6 Å². The molecule has 25 heavy (non-hydrogen) atoms. The molecule has 0 amide bonds. The molecule has 0 aliphatic carbocycles. The van der Waals surface area contributed by atoms with E-state index in [-0.39, 0.29) is 5.28 Å². The average molecular weight is 395 g/mol. The van der Waals surface area contributed by atoms with Gasteiger partial charge in [-0.1, -0.05) is 35.3 Å². The molecule has 8 heteroatoms. The van der Waals surface area contributed by atoms with Gasteiger partial charge in [-0.05, 0) is 60.8 Å². The third-order valence-corrected chi connectivity index (χ3v) is 4.14. The van der Waals surface area contributed by atoms with Crippen molar-refractivity contribution >= 4 is 58.1 Å². The molecule has 0 saturated carbocycles. The van der Waals surface area contributed by atoms with E-state index in [9.17, 15) is 0 Å². The van der Waals surface area contributed by atoms with Crippen molar-refractivity contribution in [1.82, 2.24) is 15.0 Å². The van der Waals surface area contributed by atoms with Gasteiger partial charge in [0, 0.05) is 21.4 Å². The summed E-state index contributed by atoms with van der Waals surface area (Å²) < 4.78 is 0. The van der Waals surface area contributed by atoms with E-state index in [1.54, 1.807) is 12.1 Å². The minimum Gasteiger partial charge on any atom is -0.324 e. The van der Waals surface area contributed by atoms with E-state index in [0.29, 0.717) is 21.9 Å². The molecular weight excluding hydrogens is 381 g/mol. The summed E-state index contributed by atoms with van der Waals surface area (Å²) in [5, 5.41) is 7.51. The van der Waals surface area contributed by atoms with E-state index in [1.165, 1.54) is 0 Å². The van der Waals surface area contributed by atoms with Crippen molar-refractivity contribution in [3.05, 3.63) is 62.9 Å². The molecule has 1 heterocycles. The van der Waals surface area contributed by atoms with Gasteiger partial charge in [0.1, 0.15) is 0 Å². The predicted octanol–water partition coefficient (Wildman–Crippen LogP) is 5.94. The Morgan fingerprint density at radius 3 is 1.56 bits per heavy atom. The molecule has 5 nitrogen and oxygen atoms in total. The largest absolute Gasteiger partial charge is 0.324 e. The lowest BCUT2D eigenvalue weighted by atomic mass is 10.2. The van der Waals surface area contributed by atoms with Crippen LogP contribution in [0.3, 0.4) is 0 Å². The first-order valence-electron chi connectivity index (χ1n) is 7.38. The van der Waals surface area contributed by atoms with Crippen LogP contribution in [0.1, 0.15) is 11.1 Å². The Balaban J connectivity index is 1.90. The zero-order valence-electron chi connectivity index (χ0n) is 13.4. The van der Waals surface area contributed by atoms with Crippen LogP contribution in [0.25, 0.3) is 0 Å². The Hall–Kier alpha value is -2.08. The van der Waals surface area contributed by atoms with Gasteiger partial charge < -0.3 is 10.6 Å². The first-order valence-corrected chi connectivity index (χ1v) is 8.52. The lowest BCUT2D eigenvalue weighted by Crippen LogP contribution is -2.05. The summed E-state index contributed by atoms with van der Waals surface area (Å²) in [5.41, 5.74) is 3.58. The molecule has 0 bridgehead atoms. The number of aryl methyl sites for hydroxylation is 2. The van der Waals surface area contributed by atoms with Gasteiger partial charge in [-0.25, -0.2) is 0 Å². The fourth-order valence-corrected chi connectivity index (χ4v) is 2.66. The molecule has 3 rings (SSSR count). The smallest absolute Gasteiger partial charge is 0.233 e. The maximum Gasteiger partial charge on any atom is 0.233 e. The van der Waals surface area contributed by atoms with Crippen LogP contribution in [0.15, 0.2) is 36.4 Å². The molecule has 128 valence electrons. The van der Waals surface area contributed by atoms with Gasteiger partial charge in [-0.3, -0.25) is 0 Å². The molecule has 3 aromatic rings. The van der Waals surface area contributed by atoms with Crippen molar-refractivity contribution in [1.29, 1.82) is 0 Å². The first-order chi connectivity index (χ1) is 11.9. The van der Waals surface area contributed by atoms with E-state index in [2.05, 4.69) is 25.6 Å². The van der Waals surface area contributed by atoms with Crippen molar-refractivity contribution in [3.8, 4) is 0 Å². The quantitative estimate of drug-likeness (QED) is 0.573. The molecule has 0 atom stereocenters. The second kappa shape index (κ2) is 7.44. The maximum absolute atomic E-state index is 6.04. The molecule has 0 aliphatic heterocycles. The third-order valence-electron chi connectivity index (χ3n) is 3.50. The monoisotopic (exact) mass is 393 g/mol. The lowest BCUT2D eigenvalue weighted by molar-refractivity contribution is 1.06. The second-order valence-corrected chi connectivity index (χ2v) is 6.63. The minimum atomic E-state index is 0.0689. The molecule has 2 N–H and O–H groups in total. The summed E-state index contributed by atoms with van der Waals surface area (Å²) >= 11 is 18.1. The van der Waals surface area contributed by atoms with Crippen molar-refractivity contribution < 1.29 is 0 Å². The highest BCUT2D eigenvalue weighted by Gasteiger charge is 2.09. The normalized spacial score (nSPS) is 10.6. The molecule has 2 aromatic carbocycles. The first kappa shape index (κ1) is 17.7. The molecule has 1 aromatic heterocycles. The summed E-state index contributed by atoms with van der Waals surface area (Å²) in [6, 6.07) is 11.0. The zero-order chi connectivity index (χ0) is 18.0. The maximum atomic E-state index is 6.04. The SMILES string of the molecule is Cc1ccc(Cl)cc1Nc1nc(Cl)nc(Nc2cc(Cl)ccc2C)n1. The van der Waals surface area contributed by atoms with Crippen LogP contribution >= 0.6 is 34.8 Å². The molecule has 0 saturated heterocycles. The fourth-order valence-electron chi connectivity index (χ4n) is 2.16. The van der Waals surface area contributed by atoms with Crippen molar-refractivity contribution in [2.24, 2.45) is 0 Å². The molecular formula is C17H14Cl3N5. The van der Waals surface area contributed by atoms with E-state index in [0.717, 1.165) is 22.5 Å². The van der Waals surface area contributed by atoms with Gasteiger partial charge in [0.15, 0.2) is 0 Å². The molecule has 0 aliphatic rings. The summed E-state index contributed by atoms with van der Waals surface area (Å²) in [4.78, 5) is 12.6. The summed E-state index contributed by atoms with van der Waals surface area (Å²) in [6.45, 7) is 3.91. The Labute approximate surface area is 160 Å². The number of nitrogens with zero attached hydrogens (tertiary/aromatic N) is 3. The zero-order valence-corrected chi connectivity index (χ0v) is 15.7. The van der Waals surface area contributed by atoms with Crippen LogP contribution in [0.2, 0.25) is 15.3 Å². The van der Waals surface area contributed by atoms with Crippen LogP contribution in [0.5, 0.6) is 0 Å². The van der Waals surface area contributed by atoms with Crippen molar-refractivity contribution in [3.63, 3.8) is 0 Å². The predicted molar refractivity (Wildman–Crippen MR) is 104 cm³/mol. The number of hydrogen-bond acceptors (Lipinski definition) is 5. The average Bonchev–Trinajstić information content (AvgIpc) is 2.54. The van der Waals surface area contributed by atoms with Crippen molar-refractivity contribution in [2.45, 2.75) is 13.8 Å². The van der Waals surface area contributed by atoms with Crippen molar-refractivity contribution in [2.75, 3.05) is 10.6 Å². The Bertz CT molecular complexity index is 858. The number of anilines is 4. The van der Waals surface area contributed by atoms with E-state index >= 15 is 0 Å². The molecule has 0 radical (unpaired) electrons. The summed E-state index contributed by atoms with van der Waals surface area (Å²) in [7, 11) is 0. The highest BCUT2D eigenvalue weighted by molar-refractivity contribution is 6.31. The van der Waals surface area contributed by atoms with Gasteiger partial charge in [0.05, 0.1) is 0 Å². The van der Waals surface area contributed by atoms with Gasteiger partial charge >= 0.3 is 0 Å². The number of rotatable bonds is 4. The van der Waals surface area contributed by atoms with Gasteiger partial charge in [0.25, 0.3) is 0 Å². The van der Waals surface area contributed by atoms with Gasteiger partial charge in [0.2, 0.25) is 17.2 Å². The third kappa shape index (κ3) is 4.51. The van der Waals surface area contributed by atoms with Crippen LogP contribution in [-0.2, 0) is 0 Å². The number of benzene rings is 2.